The SMILES string of the molecule is O=C=C1C#CCCCCC1[N+](=O)[O-]. The second kappa shape index (κ2) is 4.44. The van der Waals surface area contributed by atoms with E-state index in [9.17, 15) is 14.9 Å². The van der Waals surface area contributed by atoms with Crippen molar-refractivity contribution in [2.75, 3.05) is 0 Å². The van der Waals surface area contributed by atoms with Gasteiger partial charge in [0.25, 0.3) is 6.04 Å². The normalized spacial score (nSPS) is 21.8. The van der Waals surface area contributed by atoms with Gasteiger partial charge < -0.3 is 0 Å². The van der Waals surface area contributed by atoms with Crippen LogP contribution in [0, 0.1) is 22.0 Å². The molecule has 1 aliphatic carbocycles. The summed E-state index contributed by atoms with van der Waals surface area (Å²) in [6.45, 7) is 0. The third-order valence-electron chi connectivity index (χ3n) is 1.95. The van der Waals surface area contributed by atoms with Gasteiger partial charge in [-0.15, -0.1) is 0 Å². The van der Waals surface area contributed by atoms with Gasteiger partial charge in [-0.05, 0) is 12.8 Å². The maximum absolute atomic E-state index is 10.5. The Morgan fingerprint density at radius 3 is 2.92 bits per heavy atom. The Labute approximate surface area is 75.8 Å². The molecular weight excluding hydrogens is 170 g/mol. The lowest BCUT2D eigenvalue weighted by Gasteiger charge is -2.07. The van der Waals surface area contributed by atoms with Crippen molar-refractivity contribution >= 4 is 5.94 Å². The minimum atomic E-state index is -0.940. The molecule has 13 heavy (non-hydrogen) atoms. The Kier molecular flexibility index (Phi) is 3.24. The van der Waals surface area contributed by atoms with Crippen molar-refractivity contribution in [1.82, 2.24) is 0 Å². The molecule has 0 heterocycles. The molecule has 0 saturated heterocycles. The summed E-state index contributed by atoms with van der Waals surface area (Å²) in [5.74, 6) is 6.78. The predicted octanol–water partition coefficient (Wildman–Crippen LogP) is 0.967. The van der Waals surface area contributed by atoms with Crippen molar-refractivity contribution in [3.63, 3.8) is 0 Å². The monoisotopic (exact) mass is 179 g/mol. The highest BCUT2D eigenvalue weighted by Gasteiger charge is 2.25. The maximum Gasteiger partial charge on any atom is 0.256 e. The molecule has 0 fully saturated rings. The standard InChI is InChI=1S/C9H9NO3/c11-7-8-5-3-1-2-4-6-9(8)10(12)13/h9H,1-2,4,6H2. The van der Waals surface area contributed by atoms with E-state index in [4.69, 9.17) is 0 Å². The van der Waals surface area contributed by atoms with Crippen molar-refractivity contribution in [2.24, 2.45) is 0 Å². The second-order valence-corrected chi connectivity index (χ2v) is 2.86. The van der Waals surface area contributed by atoms with Crippen LogP contribution in [0.3, 0.4) is 0 Å². The first-order valence-electron chi connectivity index (χ1n) is 4.13. The molecule has 0 aromatic rings. The van der Waals surface area contributed by atoms with Crippen LogP contribution in [0.4, 0.5) is 0 Å². The van der Waals surface area contributed by atoms with E-state index in [-0.39, 0.29) is 5.57 Å². The van der Waals surface area contributed by atoms with E-state index in [2.05, 4.69) is 11.8 Å². The van der Waals surface area contributed by atoms with Crippen molar-refractivity contribution < 1.29 is 9.72 Å². The first-order valence-corrected chi connectivity index (χ1v) is 4.13. The molecule has 0 saturated carbocycles. The van der Waals surface area contributed by atoms with E-state index in [1.165, 1.54) is 0 Å². The van der Waals surface area contributed by atoms with E-state index < -0.39 is 11.0 Å². The molecule has 0 bridgehead atoms. The third-order valence-corrected chi connectivity index (χ3v) is 1.95. The molecule has 0 aromatic heterocycles. The molecule has 1 atom stereocenters. The summed E-state index contributed by atoms with van der Waals surface area (Å²) in [5.41, 5.74) is -0.00954. The molecule has 1 aliphatic rings. The van der Waals surface area contributed by atoms with Gasteiger partial charge in [0.2, 0.25) is 0 Å². The number of nitrogens with zero attached hydrogens (tertiary/aromatic N) is 1. The van der Waals surface area contributed by atoms with Gasteiger partial charge in [-0.1, -0.05) is 11.8 Å². The van der Waals surface area contributed by atoms with E-state index >= 15 is 0 Å². The van der Waals surface area contributed by atoms with Crippen molar-refractivity contribution in [1.29, 1.82) is 0 Å². The molecule has 0 spiro atoms. The van der Waals surface area contributed by atoms with Gasteiger partial charge in [-0.3, -0.25) is 10.1 Å². The van der Waals surface area contributed by atoms with E-state index in [0.717, 1.165) is 12.8 Å². The number of nitro groups is 1. The largest absolute Gasteiger partial charge is 0.264 e. The number of carbonyl (C=O) groups excluding carboxylic acids is 1. The van der Waals surface area contributed by atoms with Crippen LogP contribution in [0.15, 0.2) is 5.57 Å². The van der Waals surface area contributed by atoms with E-state index in [1.807, 2.05) is 0 Å². The smallest absolute Gasteiger partial charge is 0.256 e. The summed E-state index contributed by atoms with van der Waals surface area (Å²) in [6, 6.07) is -0.940. The summed E-state index contributed by atoms with van der Waals surface area (Å²) in [7, 11) is 0. The van der Waals surface area contributed by atoms with Gasteiger partial charge in [0, 0.05) is 17.8 Å². The Hall–Kier alpha value is -1.59. The highest BCUT2D eigenvalue weighted by atomic mass is 16.6. The van der Waals surface area contributed by atoms with E-state index in [0.29, 0.717) is 12.8 Å². The van der Waals surface area contributed by atoms with Crippen LogP contribution in [-0.4, -0.2) is 16.9 Å². The van der Waals surface area contributed by atoms with Gasteiger partial charge in [0.1, 0.15) is 5.94 Å². The van der Waals surface area contributed by atoms with Crippen LogP contribution < -0.4 is 0 Å². The van der Waals surface area contributed by atoms with Crippen molar-refractivity contribution in [3.8, 4) is 11.8 Å². The zero-order valence-corrected chi connectivity index (χ0v) is 7.08. The van der Waals surface area contributed by atoms with Gasteiger partial charge in [-0.25, -0.2) is 4.79 Å². The zero-order valence-electron chi connectivity index (χ0n) is 7.08. The van der Waals surface area contributed by atoms with Crippen LogP contribution >= 0.6 is 0 Å². The lowest BCUT2D eigenvalue weighted by molar-refractivity contribution is -0.511. The molecule has 0 N–H and O–H groups in total. The number of hydrogen-bond donors (Lipinski definition) is 0. The summed E-state index contributed by atoms with van der Waals surface area (Å²) in [5, 5.41) is 10.5. The average molecular weight is 179 g/mol. The second-order valence-electron chi connectivity index (χ2n) is 2.86. The van der Waals surface area contributed by atoms with Gasteiger partial charge in [0.05, 0.1) is 0 Å². The molecule has 0 radical (unpaired) electrons. The average Bonchev–Trinajstić information content (AvgIpc) is 2.03. The molecule has 0 aromatic carbocycles. The molecule has 1 unspecified atom stereocenters. The first kappa shape index (κ1) is 9.50. The Balaban J connectivity index is 2.93. The fraction of sp³-hybridized carbons (Fsp3) is 0.556. The lowest BCUT2D eigenvalue weighted by Crippen LogP contribution is -2.22. The Morgan fingerprint density at radius 2 is 2.31 bits per heavy atom. The topological polar surface area (TPSA) is 60.2 Å². The molecule has 0 aliphatic heterocycles. The van der Waals surface area contributed by atoms with Crippen LogP contribution in [0.25, 0.3) is 0 Å². The van der Waals surface area contributed by atoms with Gasteiger partial charge >= 0.3 is 0 Å². The van der Waals surface area contributed by atoms with Crippen molar-refractivity contribution in [2.45, 2.75) is 31.7 Å². The Morgan fingerprint density at radius 1 is 1.54 bits per heavy atom. The molecule has 68 valence electrons. The summed E-state index contributed by atoms with van der Waals surface area (Å²) >= 11 is 0. The fourth-order valence-electron chi connectivity index (χ4n) is 1.24. The fourth-order valence-corrected chi connectivity index (χ4v) is 1.24. The van der Waals surface area contributed by atoms with Gasteiger partial charge in [0.15, 0.2) is 5.57 Å². The summed E-state index contributed by atoms with van der Waals surface area (Å²) < 4.78 is 0. The third kappa shape index (κ3) is 2.43. The number of hydrogen-bond acceptors (Lipinski definition) is 3. The first-order chi connectivity index (χ1) is 6.25. The maximum atomic E-state index is 10.5. The van der Waals surface area contributed by atoms with Crippen LogP contribution in [-0.2, 0) is 4.79 Å². The summed E-state index contributed by atoms with van der Waals surface area (Å²) in [4.78, 5) is 20.4. The predicted molar refractivity (Wildman–Crippen MR) is 46.2 cm³/mol. The molecule has 4 heteroatoms. The molecular formula is C9H9NO3. The van der Waals surface area contributed by atoms with Crippen LogP contribution in [0.2, 0.25) is 0 Å². The van der Waals surface area contributed by atoms with Crippen LogP contribution in [0.1, 0.15) is 25.7 Å². The van der Waals surface area contributed by atoms with Crippen LogP contribution in [0.5, 0.6) is 0 Å². The quantitative estimate of drug-likeness (QED) is 0.261. The van der Waals surface area contributed by atoms with E-state index in [1.54, 1.807) is 5.94 Å². The molecule has 1 rings (SSSR count). The zero-order chi connectivity index (χ0) is 9.68. The van der Waals surface area contributed by atoms with Crippen molar-refractivity contribution in [3.05, 3.63) is 15.7 Å². The minimum Gasteiger partial charge on any atom is -0.264 e. The van der Waals surface area contributed by atoms with Gasteiger partial charge in [-0.2, -0.15) is 0 Å². The minimum absolute atomic E-state index is 0.00954. The molecule has 0 amide bonds. The Bertz CT molecular complexity index is 317. The highest BCUT2D eigenvalue weighted by Crippen LogP contribution is 2.14. The summed E-state index contributed by atoms with van der Waals surface area (Å²) in [6.07, 6.45) is 2.71. The number of rotatable bonds is 1. The highest BCUT2D eigenvalue weighted by molar-refractivity contribution is 5.62. The molecule has 4 nitrogen and oxygen atoms in total. The lowest BCUT2D eigenvalue weighted by atomic mass is 10.00.